The van der Waals surface area contributed by atoms with Crippen molar-refractivity contribution in [1.29, 1.82) is 0 Å². The van der Waals surface area contributed by atoms with Crippen LogP contribution >= 0.6 is 0 Å². The van der Waals surface area contributed by atoms with Crippen molar-refractivity contribution in [2.75, 3.05) is 0 Å². The Balaban J connectivity index is 1.96. The molecule has 0 unspecified atom stereocenters. The maximum Gasteiger partial charge on any atom is 0.0920 e. The van der Waals surface area contributed by atoms with Gasteiger partial charge in [0.05, 0.1) is 6.20 Å². The van der Waals surface area contributed by atoms with E-state index in [2.05, 4.69) is 41.5 Å². The zero-order valence-electron chi connectivity index (χ0n) is 7.98. The van der Waals surface area contributed by atoms with Gasteiger partial charge in [-0.1, -0.05) is 36.4 Å². The van der Waals surface area contributed by atoms with E-state index in [0.29, 0.717) is 0 Å². The van der Waals surface area contributed by atoms with E-state index < -0.39 is 0 Å². The maximum absolute atomic E-state index is 3.97. The minimum Gasteiger partial charge on any atom is -0.254 e. The Kier molecular flexibility index (Phi) is 2.92. The highest BCUT2D eigenvalue weighted by Crippen LogP contribution is 2.04. The highest BCUT2D eigenvalue weighted by molar-refractivity contribution is 5.17. The minimum absolute atomic E-state index is 1.01. The summed E-state index contributed by atoms with van der Waals surface area (Å²) >= 11 is 0. The largest absolute Gasteiger partial charge is 0.254 e. The minimum atomic E-state index is 1.01. The Bertz CT molecular complexity index is 327. The lowest BCUT2D eigenvalue weighted by Gasteiger charge is -2.00. The monoisotopic (exact) mass is 182 g/mol. The molecule has 14 heavy (non-hydrogen) atoms. The van der Waals surface area contributed by atoms with Crippen LogP contribution in [0.3, 0.4) is 0 Å². The number of aromatic nitrogens is 1. The number of hydrogen-bond acceptors (Lipinski definition) is 1. The summed E-state index contributed by atoms with van der Waals surface area (Å²) in [6.07, 6.45) is 6.81. The number of rotatable bonds is 3. The summed E-state index contributed by atoms with van der Waals surface area (Å²) in [6, 6.07) is 14.5. The molecule has 0 amide bonds. The molecule has 1 radical (unpaired) electrons. The summed E-state index contributed by atoms with van der Waals surface area (Å²) < 4.78 is 0. The number of hydrogen-bond donors (Lipinski definition) is 0. The lowest BCUT2D eigenvalue weighted by atomic mass is 10.1. The average molecular weight is 182 g/mol. The summed E-state index contributed by atoms with van der Waals surface area (Å²) in [7, 11) is 0. The summed E-state index contributed by atoms with van der Waals surface area (Å²) in [5.41, 5.74) is 2.54. The fourth-order valence-corrected chi connectivity index (χ4v) is 1.42. The molecule has 1 aromatic carbocycles. The molecule has 0 bridgehead atoms. The summed E-state index contributed by atoms with van der Waals surface area (Å²) in [6.45, 7) is 0. The van der Waals surface area contributed by atoms with E-state index in [1.54, 1.807) is 6.20 Å². The van der Waals surface area contributed by atoms with Crippen LogP contribution in [0, 0.1) is 6.20 Å². The highest BCUT2D eigenvalue weighted by Gasteiger charge is 1.94. The normalized spacial score (nSPS) is 10.0. The summed E-state index contributed by atoms with van der Waals surface area (Å²) in [5.74, 6) is 0. The number of aryl methyl sites for hydroxylation is 2. The molecule has 2 aromatic rings. The molecule has 0 aliphatic carbocycles. The average Bonchev–Trinajstić information content (AvgIpc) is 2.29. The molecule has 1 heterocycles. The van der Waals surface area contributed by atoms with Gasteiger partial charge in [-0.25, -0.2) is 0 Å². The van der Waals surface area contributed by atoms with Gasteiger partial charge in [0.2, 0.25) is 0 Å². The van der Waals surface area contributed by atoms with Crippen LogP contribution in [0.15, 0.2) is 48.7 Å². The molecule has 1 aromatic heterocycles. The van der Waals surface area contributed by atoms with Gasteiger partial charge < -0.3 is 0 Å². The van der Waals surface area contributed by atoms with Gasteiger partial charge in [0.15, 0.2) is 0 Å². The molecule has 0 spiro atoms. The molecule has 0 aliphatic rings. The standard InChI is InChI=1S/C13H12N/c1-2-5-12(6-3-1)8-9-13-7-4-10-14-11-13/h1-7,10H,8-9H2. The fraction of sp³-hybridized carbons (Fsp3) is 0.154. The van der Waals surface area contributed by atoms with Gasteiger partial charge in [0, 0.05) is 6.20 Å². The van der Waals surface area contributed by atoms with Crippen LogP contribution in [0.2, 0.25) is 0 Å². The second-order valence-electron chi connectivity index (χ2n) is 3.26. The Morgan fingerprint density at radius 1 is 0.929 bits per heavy atom. The highest BCUT2D eigenvalue weighted by atomic mass is 14.6. The molecule has 2 rings (SSSR count). The molecule has 0 N–H and O–H groups in total. The van der Waals surface area contributed by atoms with Crippen LogP contribution < -0.4 is 0 Å². The molecular formula is C13H12N. The molecule has 0 aliphatic heterocycles. The van der Waals surface area contributed by atoms with Crippen molar-refractivity contribution in [1.82, 2.24) is 4.98 Å². The van der Waals surface area contributed by atoms with Gasteiger partial charge in [0.25, 0.3) is 0 Å². The van der Waals surface area contributed by atoms with Crippen molar-refractivity contribution in [2.45, 2.75) is 12.8 Å². The van der Waals surface area contributed by atoms with Crippen LogP contribution in [-0.2, 0) is 12.8 Å². The quantitative estimate of drug-likeness (QED) is 0.711. The van der Waals surface area contributed by atoms with Crippen molar-refractivity contribution in [3.63, 3.8) is 0 Å². The first kappa shape index (κ1) is 8.95. The number of pyridine rings is 1. The van der Waals surface area contributed by atoms with Crippen molar-refractivity contribution in [3.05, 3.63) is 66.0 Å². The second kappa shape index (κ2) is 4.56. The molecule has 69 valence electrons. The van der Waals surface area contributed by atoms with Crippen molar-refractivity contribution in [2.24, 2.45) is 0 Å². The van der Waals surface area contributed by atoms with E-state index in [1.165, 1.54) is 11.1 Å². The van der Waals surface area contributed by atoms with Gasteiger partial charge in [-0.3, -0.25) is 4.98 Å². The Morgan fingerprint density at radius 3 is 2.50 bits per heavy atom. The van der Waals surface area contributed by atoms with Crippen molar-refractivity contribution < 1.29 is 0 Å². The van der Waals surface area contributed by atoms with E-state index in [4.69, 9.17) is 0 Å². The van der Waals surface area contributed by atoms with Gasteiger partial charge in [0.1, 0.15) is 0 Å². The number of nitrogens with zero attached hydrogens (tertiary/aromatic N) is 1. The lowest BCUT2D eigenvalue weighted by molar-refractivity contribution is 0.947. The summed E-state index contributed by atoms with van der Waals surface area (Å²) in [5, 5.41) is 0. The van der Waals surface area contributed by atoms with Crippen LogP contribution in [-0.4, -0.2) is 4.98 Å². The third-order valence-electron chi connectivity index (χ3n) is 2.19. The van der Waals surface area contributed by atoms with Crippen molar-refractivity contribution in [3.8, 4) is 0 Å². The van der Waals surface area contributed by atoms with Crippen LogP contribution in [0.5, 0.6) is 0 Å². The van der Waals surface area contributed by atoms with E-state index in [1.807, 2.05) is 12.1 Å². The first-order chi connectivity index (χ1) is 6.95. The van der Waals surface area contributed by atoms with E-state index in [9.17, 15) is 0 Å². The fourth-order valence-electron chi connectivity index (χ4n) is 1.42. The van der Waals surface area contributed by atoms with Gasteiger partial charge in [-0.05, 0) is 30.0 Å². The molecule has 0 atom stereocenters. The van der Waals surface area contributed by atoms with E-state index in [-0.39, 0.29) is 0 Å². The Hall–Kier alpha value is -1.63. The third-order valence-corrected chi connectivity index (χ3v) is 2.19. The molecule has 1 nitrogen and oxygen atoms in total. The first-order valence-electron chi connectivity index (χ1n) is 4.80. The van der Waals surface area contributed by atoms with Crippen LogP contribution in [0.25, 0.3) is 0 Å². The van der Waals surface area contributed by atoms with E-state index in [0.717, 1.165) is 12.8 Å². The number of benzene rings is 1. The predicted molar refractivity (Wildman–Crippen MR) is 56.9 cm³/mol. The molecule has 1 heteroatoms. The second-order valence-corrected chi connectivity index (χ2v) is 3.26. The Labute approximate surface area is 84.4 Å². The zero-order chi connectivity index (χ0) is 9.64. The van der Waals surface area contributed by atoms with Gasteiger partial charge in [-0.2, -0.15) is 0 Å². The maximum atomic E-state index is 3.97. The molecular weight excluding hydrogens is 170 g/mol. The van der Waals surface area contributed by atoms with Gasteiger partial charge in [-0.15, -0.1) is 0 Å². The smallest absolute Gasteiger partial charge is 0.0920 e. The summed E-state index contributed by atoms with van der Waals surface area (Å²) in [4.78, 5) is 3.97. The van der Waals surface area contributed by atoms with Crippen LogP contribution in [0.4, 0.5) is 0 Å². The molecule has 0 saturated heterocycles. The van der Waals surface area contributed by atoms with Gasteiger partial charge >= 0.3 is 0 Å². The predicted octanol–water partition coefficient (Wildman–Crippen LogP) is 2.67. The Morgan fingerprint density at radius 2 is 1.79 bits per heavy atom. The SMILES string of the molecule is [c]1ncccc1CCc1ccccc1. The first-order valence-corrected chi connectivity index (χ1v) is 4.80. The van der Waals surface area contributed by atoms with Crippen LogP contribution in [0.1, 0.15) is 11.1 Å². The molecule has 0 fully saturated rings. The van der Waals surface area contributed by atoms with Crippen molar-refractivity contribution >= 4 is 0 Å². The van der Waals surface area contributed by atoms with E-state index >= 15 is 0 Å². The zero-order valence-corrected chi connectivity index (χ0v) is 7.98. The lowest BCUT2D eigenvalue weighted by Crippen LogP contribution is -1.91. The third kappa shape index (κ3) is 2.43. The topological polar surface area (TPSA) is 12.9 Å². The molecule has 0 saturated carbocycles.